The van der Waals surface area contributed by atoms with Crippen LogP contribution in [0.5, 0.6) is 0 Å². The Bertz CT molecular complexity index is 1310. The lowest BCUT2D eigenvalue weighted by atomic mass is 9.95. The number of nitrogens with one attached hydrogen (secondary N) is 1. The number of carbonyl (C=O) groups is 1. The number of alkyl halides is 2. The summed E-state index contributed by atoms with van der Waals surface area (Å²) in [5.74, 6) is -2.65. The van der Waals surface area contributed by atoms with E-state index in [0.29, 0.717) is 46.4 Å². The van der Waals surface area contributed by atoms with Gasteiger partial charge in [0.15, 0.2) is 0 Å². The van der Waals surface area contributed by atoms with Gasteiger partial charge < -0.3 is 19.8 Å². The molecule has 0 unspecified atom stereocenters. The summed E-state index contributed by atoms with van der Waals surface area (Å²) in [5.41, 5.74) is 6.67. The van der Waals surface area contributed by atoms with Gasteiger partial charge >= 0.3 is 6.03 Å². The molecular weight excluding hydrogens is 434 g/mol. The lowest BCUT2D eigenvalue weighted by molar-refractivity contribution is -0.0245. The molecule has 0 spiro atoms. The topological polar surface area (TPSA) is 128 Å². The fourth-order valence-electron chi connectivity index (χ4n) is 4.29. The molecule has 0 aromatic carbocycles. The monoisotopic (exact) mass is 454 g/mol. The van der Waals surface area contributed by atoms with E-state index in [2.05, 4.69) is 16.4 Å². The number of hydrogen-bond donors (Lipinski definition) is 2. The predicted molar refractivity (Wildman–Crippen MR) is 114 cm³/mol. The second-order valence-electron chi connectivity index (χ2n) is 8.25. The average molecular weight is 454 g/mol. The Morgan fingerprint density at radius 1 is 1.42 bits per heavy atom. The molecule has 9 nitrogen and oxygen atoms in total. The molecule has 4 heterocycles. The number of nitriles is 1. The number of nitrogens with two attached hydrogens (primary N) is 1. The molecule has 3 N–H and O–H groups in total. The van der Waals surface area contributed by atoms with E-state index in [0.717, 1.165) is 0 Å². The number of ether oxygens (including phenoxy) is 2. The zero-order chi connectivity index (χ0) is 23.4. The minimum absolute atomic E-state index is 0.172. The molecule has 2 fully saturated rings. The van der Waals surface area contributed by atoms with E-state index in [9.17, 15) is 18.8 Å². The van der Waals surface area contributed by atoms with E-state index in [1.807, 2.05) is 0 Å². The maximum absolute atomic E-state index is 14.0. The summed E-state index contributed by atoms with van der Waals surface area (Å²) in [5, 5.41) is 12.6. The molecule has 2 atom stereocenters. The summed E-state index contributed by atoms with van der Waals surface area (Å²) in [4.78, 5) is 20.2. The van der Waals surface area contributed by atoms with Crippen LogP contribution in [-0.2, 0) is 15.1 Å². The van der Waals surface area contributed by atoms with Crippen molar-refractivity contribution in [1.29, 1.82) is 5.26 Å². The van der Waals surface area contributed by atoms with E-state index in [1.165, 1.54) is 10.8 Å². The first-order chi connectivity index (χ1) is 15.8. The summed E-state index contributed by atoms with van der Waals surface area (Å²) in [6, 6.07) is 5.13. The van der Waals surface area contributed by atoms with E-state index in [4.69, 9.17) is 20.2 Å². The smallest absolute Gasteiger partial charge is 0.317 e. The number of urea groups is 1. The molecule has 2 amide bonds. The van der Waals surface area contributed by atoms with Crippen molar-refractivity contribution in [2.75, 3.05) is 25.6 Å². The van der Waals surface area contributed by atoms with Gasteiger partial charge in [0.25, 0.3) is 5.92 Å². The van der Waals surface area contributed by atoms with Crippen molar-refractivity contribution >= 4 is 22.8 Å². The highest BCUT2D eigenvalue weighted by atomic mass is 19.3. The normalized spacial score (nSPS) is 23.4. The van der Waals surface area contributed by atoms with Crippen LogP contribution in [0.2, 0.25) is 0 Å². The van der Waals surface area contributed by atoms with Gasteiger partial charge in [0, 0.05) is 43.7 Å². The van der Waals surface area contributed by atoms with Gasteiger partial charge in [0.1, 0.15) is 17.5 Å². The number of nitrogens with zero attached hydrogens (tertiary/aromatic N) is 4. The Balaban J connectivity index is 1.71. The Morgan fingerprint density at radius 3 is 2.82 bits per heavy atom. The van der Waals surface area contributed by atoms with Crippen LogP contribution in [0, 0.1) is 11.3 Å². The highest BCUT2D eigenvalue weighted by Gasteiger charge is 2.58. The van der Waals surface area contributed by atoms with Crippen LogP contribution >= 0.6 is 0 Å². The maximum atomic E-state index is 14.0. The Morgan fingerprint density at radius 2 is 2.21 bits per heavy atom. The SMILES string of the molecule is CO[C@@]1(c2cc(C#N)cc(-c3cn([C@@H]4CC4(F)F)c4cnc(NC(N)=O)cc34)n2)CCOC1. The number of aromatic nitrogens is 3. The molecule has 3 aromatic heterocycles. The van der Waals surface area contributed by atoms with Crippen LogP contribution in [0.4, 0.5) is 19.4 Å². The lowest BCUT2D eigenvalue weighted by Crippen LogP contribution is -2.30. The maximum Gasteiger partial charge on any atom is 0.317 e. The number of anilines is 1. The van der Waals surface area contributed by atoms with Gasteiger partial charge in [-0.05, 0) is 18.2 Å². The van der Waals surface area contributed by atoms with Gasteiger partial charge in [0.05, 0.1) is 41.3 Å². The van der Waals surface area contributed by atoms with Gasteiger partial charge in [0.2, 0.25) is 0 Å². The summed E-state index contributed by atoms with van der Waals surface area (Å²) in [6.07, 6.45) is 3.29. The first kappa shape index (κ1) is 21.2. The van der Waals surface area contributed by atoms with Crippen molar-refractivity contribution in [2.24, 2.45) is 5.73 Å². The standard InChI is InChI=1S/C22H20F2N6O3/c1-32-21(2-3-33-11-21)17-5-12(8-25)4-15(28-17)14-10-30(18-7-22(18,23)24)16-9-27-19(6-13(14)16)29-20(26)31/h4-6,9-10,18H,2-3,7,11H2,1H3,(H3,26,27,29,31)/t18-,21+/m1/s1. The van der Waals surface area contributed by atoms with E-state index in [-0.39, 0.29) is 18.8 Å². The molecule has 1 aliphatic heterocycles. The third-order valence-corrected chi connectivity index (χ3v) is 6.17. The van der Waals surface area contributed by atoms with Crippen molar-refractivity contribution in [3.05, 3.63) is 41.9 Å². The molecule has 33 heavy (non-hydrogen) atoms. The molecular formula is C22H20F2N6O3. The molecule has 11 heteroatoms. The second kappa shape index (κ2) is 7.47. The first-order valence-electron chi connectivity index (χ1n) is 10.3. The Labute approximate surface area is 187 Å². The number of fused-ring (bicyclic) bond motifs is 1. The number of hydrogen-bond acceptors (Lipinski definition) is 6. The summed E-state index contributed by atoms with van der Waals surface area (Å²) in [7, 11) is 1.56. The number of rotatable bonds is 5. The number of halogens is 2. The molecule has 0 bridgehead atoms. The number of carbonyl (C=O) groups excluding carboxylic acids is 1. The molecule has 2 aliphatic rings. The molecule has 1 aliphatic carbocycles. The van der Waals surface area contributed by atoms with Gasteiger partial charge in [-0.1, -0.05) is 0 Å². The number of methoxy groups -OCH3 is 1. The van der Waals surface area contributed by atoms with Crippen LogP contribution in [0.3, 0.4) is 0 Å². The molecule has 1 saturated carbocycles. The van der Waals surface area contributed by atoms with Crippen LogP contribution in [0.15, 0.2) is 30.6 Å². The van der Waals surface area contributed by atoms with Crippen molar-refractivity contribution in [1.82, 2.24) is 14.5 Å². The molecule has 0 radical (unpaired) electrons. The van der Waals surface area contributed by atoms with Crippen molar-refractivity contribution in [2.45, 2.75) is 30.4 Å². The quantitative estimate of drug-likeness (QED) is 0.609. The predicted octanol–water partition coefficient (Wildman–Crippen LogP) is 3.30. The zero-order valence-corrected chi connectivity index (χ0v) is 17.6. The number of primary amides is 1. The zero-order valence-electron chi connectivity index (χ0n) is 17.6. The number of amides is 2. The first-order valence-corrected chi connectivity index (χ1v) is 10.3. The van der Waals surface area contributed by atoms with Crippen LogP contribution in [0.1, 0.15) is 30.1 Å². The van der Waals surface area contributed by atoms with E-state index < -0.39 is 23.6 Å². The van der Waals surface area contributed by atoms with E-state index in [1.54, 1.807) is 31.5 Å². The van der Waals surface area contributed by atoms with Crippen LogP contribution in [-0.4, -0.2) is 46.8 Å². The molecule has 1 saturated heterocycles. The van der Waals surface area contributed by atoms with Crippen molar-refractivity contribution < 1.29 is 23.0 Å². The molecule has 3 aromatic rings. The van der Waals surface area contributed by atoms with Crippen LogP contribution in [0.25, 0.3) is 22.2 Å². The third kappa shape index (κ3) is 3.57. The molecule has 5 rings (SSSR count). The van der Waals surface area contributed by atoms with Gasteiger partial charge in [-0.2, -0.15) is 5.26 Å². The fourth-order valence-corrected chi connectivity index (χ4v) is 4.29. The number of pyridine rings is 2. The van der Waals surface area contributed by atoms with E-state index >= 15 is 0 Å². The summed E-state index contributed by atoms with van der Waals surface area (Å²) in [6.45, 7) is 0.781. The van der Waals surface area contributed by atoms with Crippen molar-refractivity contribution in [3.63, 3.8) is 0 Å². The Kier molecular flexibility index (Phi) is 4.81. The van der Waals surface area contributed by atoms with Crippen LogP contribution < -0.4 is 11.1 Å². The minimum atomic E-state index is -2.82. The fraction of sp³-hybridized carbons (Fsp3) is 0.364. The average Bonchev–Trinajstić information content (AvgIpc) is 3.14. The van der Waals surface area contributed by atoms with Gasteiger partial charge in [-0.25, -0.2) is 23.5 Å². The summed E-state index contributed by atoms with van der Waals surface area (Å²) < 4.78 is 40.6. The minimum Gasteiger partial charge on any atom is -0.378 e. The highest BCUT2D eigenvalue weighted by molar-refractivity contribution is 5.98. The lowest BCUT2D eigenvalue weighted by Gasteiger charge is -2.25. The highest BCUT2D eigenvalue weighted by Crippen LogP contribution is 2.54. The second-order valence-corrected chi connectivity index (χ2v) is 8.25. The van der Waals surface area contributed by atoms with Gasteiger partial charge in [-0.3, -0.25) is 5.32 Å². The van der Waals surface area contributed by atoms with Crippen molar-refractivity contribution in [3.8, 4) is 17.3 Å². The molecule has 170 valence electrons. The largest absolute Gasteiger partial charge is 0.378 e. The van der Waals surface area contributed by atoms with Gasteiger partial charge in [-0.15, -0.1) is 0 Å². The third-order valence-electron chi connectivity index (χ3n) is 6.17. The summed E-state index contributed by atoms with van der Waals surface area (Å²) >= 11 is 0. The Hall–Kier alpha value is -3.62.